The quantitative estimate of drug-likeness (QED) is 0.818. The Morgan fingerprint density at radius 3 is 2.84 bits per heavy atom. The Morgan fingerprint density at radius 2 is 2.16 bits per heavy atom. The van der Waals surface area contributed by atoms with E-state index in [9.17, 15) is 8.78 Å². The standard InChI is InChI=1S/C13H15F2N3S/c1-6-10-11(6)19-12(17)18-13(10,5-14)8-4-7(16)2-3-9(8)15/h2-4,6,10-11H,5,16H2,1H3,(H2,17,18)/t6-,10+,11-,13+/m0/s1. The van der Waals surface area contributed by atoms with E-state index in [1.165, 1.54) is 30.0 Å². The second kappa shape index (κ2) is 4.10. The number of anilines is 1. The van der Waals surface area contributed by atoms with Crippen LogP contribution in [0.4, 0.5) is 14.5 Å². The molecule has 0 bridgehead atoms. The first-order valence-electron chi connectivity index (χ1n) is 6.13. The van der Waals surface area contributed by atoms with Crippen LogP contribution in [0.5, 0.6) is 0 Å². The zero-order valence-corrected chi connectivity index (χ0v) is 11.3. The zero-order chi connectivity index (χ0) is 13.8. The van der Waals surface area contributed by atoms with Crippen LogP contribution in [0.2, 0.25) is 0 Å². The minimum atomic E-state index is -1.21. The van der Waals surface area contributed by atoms with Crippen LogP contribution >= 0.6 is 11.8 Å². The predicted octanol–water partition coefficient (Wildman–Crippen LogP) is 2.27. The van der Waals surface area contributed by atoms with Crippen molar-refractivity contribution < 1.29 is 8.78 Å². The Bertz CT molecular complexity index is 563. The Kier molecular flexibility index (Phi) is 2.74. The van der Waals surface area contributed by atoms with Gasteiger partial charge >= 0.3 is 0 Å². The van der Waals surface area contributed by atoms with Gasteiger partial charge in [0.2, 0.25) is 0 Å². The summed E-state index contributed by atoms with van der Waals surface area (Å²) in [4.78, 5) is 4.26. The van der Waals surface area contributed by atoms with Crippen molar-refractivity contribution in [2.45, 2.75) is 17.7 Å². The number of amidine groups is 1. The molecule has 19 heavy (non-hydrogen) atoms. The molecule has 3 rings (SSSR count). The van der Waals surface area contributed by atoms with Crippen molar-refractivity contribution in [3.05, 3.63) is 29.6 Å². The smallest absolute Gasteiger partial charge is 0.155 e. The summed E-state index contributed by atoms with van der Waals surface area (Å²) in [6.45, 7) is 1.26. The number of fused-ring (bicyclic) bond motifs is 1. The number of halogens is 2. The maximum atomic E-state index is 14.1. The number of aliphatic imine (C=N–C) groups is 1. The molecule has 102 valence electrons. The van der Waals surface area contributed by atoms with Gasteiger partial charge in [0.05, 0.1) is 0 Å². The molecule has 0 saturated heterocycles. The highest BCUT2D eigenvalue weighted by Crippen LogP contribution is 2.61. The third kappa shape index (κ3) is 1.73. The van der Waals surface area contributed by atoms with Gasteiger partial charge in [0.15, 0.2) is 5.17 Å². The summed E-state index contributed by atoms with van der Waals surface area (Å²) in [5, 5.41) is 0.541. The van der Waals surface area contributed by atoms with Crippen LogP contribution in [0.3, 0.4) is 0 Å². The van der Waals surface area contributed by atoms with E-state index in [-0.39, 0.29) is 22.6 Å². The van der Waals surface area contributed by atoms with Gasteiger partial charge in [0, 0.05) is 22.4 Å². The number of hydrogen-bond donors (Lipinski definition) is 2. The van der Waals surface area contributed by atoms with Crippen LogP contribution in [-0.4, -0.2) is 17.1 Å². The molecule has 0 amide bonds. The van der Waals surface area contributed by atoms with Crippen molar-refractivity contribution in [2.24, 2.45) is 22.6 Å². The number of nitrogens with two attached hydrogens (primary N) is 2. The lowest BCUT2D eigenvalue weighted by Crippen LogP contribution is -2.37. The molecule has 1 aliphatic carbocycles. The molecule has 0 aromatic heterocycles. The largest absolute Gasteiger partial charge is 0.399 e. The second-order valence-corrected chi connectivity index (χ2v) is 6.41. The first kappa shape index (κ1) is 12.7. The van der Waals surface area contributed by atoms with Gasteiger partial charge in [-0.05, 0) is 24.1 Å². The first-order valence-corrected chi connectivity index (χ1v) is 7.01. The highest BCUT2D eigenvalue weighted by Gasteiger charge is 2.63. The highest BCUT2D eigenvalue weighted by molar-refractivity contribution is 8.14. The Hall–Kier alpha value is -1.30. The molecule has 3 nitrogen and oxygen atoms in total. The van der Waals surface area contributed by atoms with Crippen molar-refractivity contribution in [3.63, 3.8) is 0 Å². The van der Waals surface area contributed by atoms with Crippen LogP contribution in [0, 0.1) is 17.7 Å². The Morgan fingerprint density at radius 1 is 1.42 bits per heavy atom. The van der Waals surface area contributed by atoms with Gasteiger partial charge in [-0.25, -0.2) is 13.8 Å². The Labute approximate surface area is 114 Å². The maximum absolute atomic E-state index is 14.1. The average molecular weight is 283 g/mol. The first-order chi connectivity index (χ1) is 8.99. The fourth-order valence-electron chi connectivity index (χ4n) is 3.06. The lowest BCUT2D eigenvalue weighted by molar-refractivity contribution is 0.263. The summed E-state index contributed by atoms with van der Waals surface area (Å²) >= 11 is 1.45. The maximum Gasteiger partial charge on any atom is 0.155 e. The lowest BCUT2D eigenvalue weighted by Gasteiger charge is -2.31. The minimum Gasteiger partial charge on any atom is -0.399 e. The molecular weight excluding hydrogens is 268 g/mol. The number of rotatable bonds is 2. The monoisotopic (exact) mass is 283 g/mol. The number of hydrogen-bond acceptors (Lipinski definition) is 4. The molecule has 1 aromatic carbocycles. The molecule has 4 atom stereocenters. The SMILES string of the molecule is C[C@@H]1[C@@H]2SC(N)=N[C@](CF)(c3cc(N)ccc3F)[C@H]12. The van der Waals surface area contributed by atoms with Crippen LogP contribution in [0.15, 0.2) is 23.2 Å². The molecule has 1 fully saturated rings. The molecule has 1 heterocycles. The molecule has 1 aromatic rings. The zero-order valence-electron chi connectivity index (χ0n) is 10.4. The highest BCUT2D eigenvalue weighted by atomic mass is 32.2. The number of benzene rings is 1. The summed E-state index contributed by atoms with van der Waals surface area (Å²) in [5.74, 6) is -0.231. The number of nitrogens with zero attached hydrogens (tertiary/aromatic N) is 1. The summed E-state index contributed by atoms with van der Waals surface area (Å²) in [5.41, 5.74) is 10.9. The fraction of sp³-hybridized carbons (Fsp3) is 0.462. The van der Waals surface area contributed by atoms with Crippen LogP contribution < -0.4 is 11.5 Å². The summed E-state index contributed by atoms with van der Waals surface area (Å²) < 4.78 is 27.9. The topological polar surface area (TPSA) is 64.4 Å². The average Bonchev–Trinajstić information content (AvgIpc) is 3.02. The summed E-state index contributed by atoms with van der Waals surface area (Å²) in [6.07, 6.45) is 0. The fourth-order valence-corrected chi connectivity index (χ4v) is 4.46. The predicted molar refractivity (Wildman–Crippen MR) is 74.1 cm³/mol. The van der Waals surface area contributed by atoms with Crippen molar-refractivity contribution in [3.8, 4) is 0 Å². The van der Waals surface area contributed by atoms with E-state index in [1.54, 1.807) is 0 Å². The normalized spacial score (nSPS) is 36.6. The van der Waals surface area contributed by atoms with E-state index in [4.69, 9.17) is 11.5 Å². The van der Waals surface area contributed by atoms with Crippen molar-refractivity contribution in [1.82, 2.24) is 0 Å². The molecule has 1 aliphatic heterocycles. The molecule has 6 heteroatoms. The molecule has 2 aliphatic rings. The van der Waals surface area contributed by atoms with Crippen LogP contribution in [0.25, 0.3) is 0 Å². The minimum absolute atomic E-state index is 0.0221. The molecule has 4 N–H and O–H groups in total. The van der Waals surface area contributed by atoms with Gasteiger partial charge < -0.3 is 11.5 Å². The number of thioether (sulfide) groups is 1. The van der Waals surface area contributed by atoms with Gasteiger partial charge in [-0.1, -0.05) is 18.7 Å². The van der Waals surface area contributed by atoms with E-state index >= 15 is 0 Å². The molecule has 1 saturated carbocycles. The third-order valence-corrected chi connectivity index (χ3v) is 5.40. The van der Waals surface area contributed by atoms with Crippen molar-refractivity contribution in [2.75, 3.05) is 12.4 Å². The molecule has 0 spiro atoms. The second-order valence-electron chi connectivity index (χ2n) is 5.21. The van der Waals surface area contributed by atoms with Crippen LogP contribution in [-0.2, 0) is 5.54 Å². The van der Waals surface area contributed by atoms with Crippen LogP contribution in [0.1, 0.15) is 12.5 Å². The van der Waals surface area contributed by atoms with E-state index in [0.29, 0.717) is 10.9 Å². The van der Waals surface area contributed by atoms with E-state index in [2.05, 4.69) is 4.99 Å². The van der Waals surface area contributed by atoms with Gasteiger partial charge in [0.1, 0.15) is 18.0 Å². The van der Waals surface area contributed by atoms with E-state index < -0.39 is 18.0 Å². The van der Waals surface area contributed by atoms with Gasteiger partial charge in [-0.3, -0.25) is 0 Å². The van der Waals surface area contributed by atoms with E-state index in [0.717, 1.165) is 0 Å². The Balaban J connectivity index is 2.17. The lowest BCUT2D eigenvalue weighted by atomic mass is 9.85. The van der Waals surface area contributed by atoms with Gasteiger partial charge in [-0.15, -0.1) is 0 Å². The molecular formula is C13H15F2N3S. The summed E-state index contributed by atoms with van der Waals surface area (Å²) in [7, 11) is 0. The number of alkyl halides is 1. The summed E-state index contributed by atoms with van der Waals surface area (Å²) in [6, 6.07) is 4.20. The number of nitrogen functional groups attached to an aromatic ring is 1. The van der Waals surface area contributed by atoms with E-state index in [1.807, 2.05) is 6.92 Å². The van der Waals surface area contributed by atoms with Gasteiger partial charge in [-0.2, -0.15) is 0 Å². The third-order valence-electron chi connectivity index (χ3n) is 4.08. The van der Waals surface area contributed by atoms with Gasteiger partial charge in [0.25, 0.3) is 0 Å². The van der Waals surface area contributed by atoms with Crippen molar-refractivity contribution in [1.29, 1.82) is 0 Å². The van der Waals surface area contributed by atoms with Crippen molar-refractivity contribution >= 4 is 22.6 Å². The molecule has 0 unspecified atom stereocenters. The molecule has 0 radical (unpaired) electrons.